The maximum Gasteiger partial charge on any atom is 0.272 e. The van der Waals surface area contributed by atoms with Gasteiger partial charge in [0.25, 0.3) is 5.91 Å². The second kappa shape index (κ2) is 5.79. The summed E-state index contributed by atoms with van der Waals surface area (Å²) in [5.41, 5.74) is 0.168. The predicted molar refractivity (Wildman–Crippen MR) is 68.4 cm³/mol. The van der Waals surface area contributed by atoms with Gasteiger partial charge in [0, 0.05) is 11.8 Å². The van der Waals surface area contributed by atoms with E-state index in [9.17, 15) is 14.0 Å². The van der Waals surface area contributed by atoms with Crippen molar-refractivity contribution >= 4 is 18.0 Å². The number of ketones is 1. The molecule has 0 bridgehead atoms. The van der Waals surface area contributed by atoms with Crippen LogP contribution >= 0.6 is 0 Å². The summed E-state index contributed by atoms with van der Waals surface area (Å²) >= 11 is 0. The fraction of sp³-hybridized carbons (Fsp3) is 0. The Balaban J connectivity index is 2.23. The van der Waals surface area contributed by atoms with E-state index in [0.717, 1.165) is 6.34 Å². The summed E-state index contributed by atoms with van der Waals surface area (Å²) in [5.74, 6) is -1.75. The number of hydrogen-bond donors (Lipinski definition) is 3. The average molecular weight is 275 g/mol. The first-order valence-electron chi connectivity index (χ1n) is 5.58. The topological polar surface area (TPSA) is 94.5 Å². The molecule has 20 heavy (non-hydrogen) atoms. The molecule has 3 N–H and O–H groups in total. The molecular formula is C13H10FN3O3. The van der Waals surface area contributed by atoms with Crippen LogP contribution in [0.2, 0.25) is 0 Å². The van der Waals surface area contributed by atoms with Crippen molar-refractivity contribution in [1.29, 1.82) is 0 Å². The van der Waals surface area contributed by atoms with Gasteiger partial charge in [-0.05, 0) is 18.2 Å². The third kappa shape index (κ3) is 2.72. The number of H-pyrrole nitrogens is 1. The summed E-state index contributed by atoms with van der Waals surface area (Å²) in [6, 6.07) is 6.87. The van der Waals surface area contributed by atoms with E-state index in [1.54, 1.807) is 6.07 Å². The zero-order valence-corrected chi connectivity index (χ0v) is 10.1. The number of nitrogens with one attached hydrogen (secondary N) is 2. The number of nitrogens with zero attached hydrogens (tertiary/aromatic N) is 1. The fourth-order valence-corrected chi connectivity index (χ4v) is 1.62. The Hall–Kier alpha value is -2.96. The van der Waals surface area contributed by atoms with Crippen molar-refractivity contribution in [3.05, 3.63) is 59.2 Å². The summed E-state index contributed by atoms with van der Waals surface area (Å²) in [7, 11) is 0. The molecule has 1 heterocycles. The van der Waals surface area contributed by atoms with Gasteiger partial charge in [0.2, 0.25) is 0 Å². The molecule has 0 aliphatic carbocycles. The van der Waals surface area contributed by atoms with Crippen LogP contribution < -0.4 is 5.32 Å². The average Bonchev–Trinajstić information content (AvgIpc) is 2.94. The first kappa shape index (κ1) is 13.5. The van der Waals surface area contributed by atoms with Gasteiger partial charge in [-0.3, -0.25) is 9.59 Å². The Morgan fingerprint density at radius 1 is 1.35 bits per heavy atom. The Morgan fingerprint density at radius 2 is 2.10 bits per heavy atom. The molecule has 6 nitrogen and oxygen atoms in total. The van der Waals surface area contributed by atoms with E-state index in [1.807, 2.05) is 0 Å². The Labute approximate surface area is 112 Å². The number of carbonyl (C=O) groups is 2. The minimum Gasteiger partial charge on any atom is -0.410 e. The zero-order valence-electron chi connectivity index (χ0n) is 10.1. The van der Waals surface area contributed by atoms with Gasteiger partial charge in [-0.15, -0.1) is 0 Å². The number of benzene rings is 1. The molecule has 102 valence electrons. The minimum absolute atomic E-state index is 0.0737. The van der Waals surface area contributed by atoms with Crippen LogP contribution in [0, 0.1) is 5.82 Å². The first-order chi connectivity index (χ1) is 9.63. The number of halogens is 1. The van der Waals surface area contributed by atoms with Gasteiger partial charge in [-0.2, -0.15) is 0 Å². The summed E-state index contributed by atoms with van der Waals surface area (Å²) in [4.78, 5) is 26.2. The molecule has 0 saturated heterocycles. The largest absolute Gasteiger partial charge is 0.410 e. The Bertz CT molecular complexity index is 679. The van der Waals surface area contributed by atoms with Crippen molar-refractivity contribution in [2.24, 2.45) is 5.16 Å². The van der Waals surface area contributed by atoms with Gasteiger partial charge < -0.3 is 15.5 Å². The van der Waals surface area contributed by atoms with Crippen LogP contribution in [0.3, 0.4) is 0 Å². The quantitative estimate of drug-likeness (QED) is 0.260. The lowest BCUT2D eigenvalue weighted by atomic mass is 10.1. The van der Waals surface area contributed by atoms with Crippen LogP contribution in [0.25, 0.3) is 0 Å². The molecule has 0 aliphatic rings. The van der Waals surface area contributed by atoms with Crippen molar-refractivity contribution in [3.8, 4) is 0 Å². The number of carbonyl (C=O) groups excluding carboxylic acids is 2. The maximum atomic E-state index is 13.5. The molecule has 1 aromatic carbocycles. The molecule has 0 radical (unpaired) electrons. The van der Waals surface area contributed by atoms with Crippen LogP contribution in [0.5, 0.6) is 0 Å². The van der Waals surface area contributed by atoms with E-state index in [0.29, 0.717) is 0 Å². The first-order valence-corrected chi connectivity index (χ1v) is 5.58. The summed E-state index contributed by atoms with van der Waals surface area (Å²) < 4.78 is 13.5. The fourth-order valence-electron chi connectivity index (χ4n) is 1.62. The van der Waals surface area contributed by atoms with Gasteiger partial charge in [0.1, 0.15) is 17.8 Å². The van der Waals surface area contributed by atoms with E-state index in [2.05, 4.69) is 15.5 Å². The molecule has 2 rings (SSSR count). The smallest absolute Gasteiger partial charge is 0.272 e. The maximum absolute atomic E-state index is 13.5. The highest BCUT2D eigenvalue weighted by atomic mass is 19.1. The zero-order chi connectivity index (χ0) is 14.5. The summed E-state index contributed by atoms with van der Waals surface area (Å²) in [5, 5.41) is 13.0. The van der Waals surface area contributed by atoms with Crippen LogP contribution in [-0.2, 0) is 0 Å². The lowest BCUT2D eigenvalue weighted by Gasteiger charge is -1.99. The van der Waals surface area contributed by atoms with Gasteiger partial charge in [0.15, 0.2) is 5.78 Å². The Kier molecular flexibility index (Phi) is 3.90. The normalized spacial score (nSPS) is 10.7. The molecular weight excluding hydrogens is 265 g/mol. The SMILES string of the molecule is O=C(N/C=N/O)c1cc(C(=O)c2ccccc2F)c[nH]1. The second-order valence-electron chi connectivity index (χ2n) is 3.83. The van der Waals surface area contributed by atoms with E-state index in [4.69, 9.17) is 5.21 Å². The molecule has 0 atom stereocenters. The third-order valence-corrected chi connectivity index (χ3v) is 2.56. The highest BCUT2D eigenvalue weighted by Gasteiger charge is 2.16. The van der Waals surface area contributed by atoms with Gasteiger partial charge in [0.05, 0.1) is 5.56 Å². The summed E-state index contributed by atoms with van der Waals surface area (Å²) in [6.07, 6.45) is 2.10. The number of amides is 1. The highest BCUT2D eigenvalue weighted by Crippen LogP contribution is 2.14. The third-order valence-electron chi connectivity index (χ3n) is 2.56. The molecule has 1 aromatic heterocycles. The molecule has 0 fully saturated rings. The number of aromatic amines is 1. The lowest BCUT2D eigenvalue weighted by Crippen LogP contribution is -2.21. The predicted octanol–water partition coefficient (Wildman–Crippen LogP) is 1.53. The van der Waals surface area contributed by atoms with E-state index in [1.165, 1.54) is 30.5 Å². The number of hydrogen-bond acceptors (Lipinski definition) is 4. The lowest BCUT2D eigenvalue weighted by molar-refractivity contribution is 0.0972. The molecule has 7 heteroatoms. The summed E-state index contributed by atoms with van der Waals surface area (Å²) in [6.45, 7) is 0. The standard InChI is InChI=1S/C13H10FN3O3/c14-10-4-2-1-3-9(10)12(18)8-5-11(15-6-8)13(19)16-7-17-20/h1-7,15,20H,(H,16,17,19). The van der Waals surface area contributed by atoms with Gasteiger partial charge >= 0.3 is 0 Å². The molecule has 2 aromatic rings. The van der Waals surface area contributed by atoms with Gasteiger partial charge in [-0.1, -0.05) is 17.3 Å². The van der Waals surface area contributed by atoms with Crippen LogP contribution in [0.15, 0.2) is 41.7 Å². The van der Waals surface area contributed by atoms with Crippen molar-refractivity contribution in [3.63, 3.8) is 0 Å². The van der Waals surface area contributed by atoms with Crippen molar-refractivity contribution in [1.82, 2.24) is 10.3 Å². The number of aromatic nitrogens is 1. The highest BCUT2D eigenvalue weighted by molar-refractivity contribution is 6.10. The molecule has 0 saturated carbocycles. The molecule has 0 unspecified atom stereocenters. The van der Waals surface area contributed by atoms with Crippen molar-refractivity contribution < 1.29 is 19.2 Å². The van der Waals surface area contributed by atoms with E-state index in [-0.39, 0.29) is 16.8 Å². The minimum atomic E-state index is -0.628. The van der Waals surface area contributed by atoms with E-state index < -0.39 is 17.5 Å². The van der Waals surface area contributed by atoms with Crippen molar-refractivity contribution in [2.75, 3.05) is 0 Å². The van der Waals surface area contributed by atoms with Crippen molar-refractivity contribution in [2.45, 2.75) is 0 Å². The monoisotopic (exact) mass is 275 g/mol. The van der Waals surface area contributed by atoms with Crippen LogP contribution in [0.4, 0.5) is 4.39 Å². The molecule has 1 amide bonds. The molecule has 0 aliphatic heterocycles. The molecule has 0 spiro atoms. The second-order valence-corrected chi connectivity index (χ2v) is 3.83. The van der Waals surface area contributed by atoms with Crippen LogP contribution in [0.1, 0.15) is 26.4 Å². The Morgan fingerprint density at radius 3 is 2.80 bits per heavy atom. The van der Waals surface area contributed by atoms with Crippen LogP contribution in [-0.4, -0.2) is 28.2 Å². The number of oxime groups is 1. The van der Waals surface area contributed by atoms with E-state index >= 15 is 0 Å². The van der Waals surface area contributed by atoms with Gasteiger partial charge in [-0.25, -0.2) is 4.39 Å². The number of rotatable bonds is 4.